The van der Waals surface area contributed by atoms with Crippen molar-refractivity contribution in [3.05, 3.63) is 54.1 Å². The van der Waals surface area contributed by atoms with Gasteiger partial charge in [-0.2, -0.15) is 0 Å². The normalized spacial score (nSPS) is 15.0. The second kappa shape index (κ2) is 11.0. The molecule has 0 unspecified atom stereocenters. The molecule has 0 saturated carbocycles. The predicted octanol–water partition coefficient (Wildman–Crippen LogP) is 3.73. The molecule has 2 N–H and O–H groups in total. The molecule has 3 heterocycles. The molecule has 190 valence electrons. The highest BCUT2D eigenvalue weighted by molar-refractivity contribution is 6.07. The summed E-state index contributed by atoms with van der Waals surface area (Å²) in [5, 5.41) is 6.86. The number of nitrogens with one attached hydrogen (secondary N) is 2. The average molecular weight is 491 g/mol. The molecule has 9 heteroatoms. The number of aryl methyl sites for hydroxylation is 1. The Labute approximate surface area is 211 Å². The Balaban J connectivity index is 1.26. The molecule has 0 aliphatic carbocycles. The lowest BCUT2D eigenvalue weighted by molar-refractivity contribution is -0.122. The Hall–Kier alpha value is -3.59. The van der Waals surface area contributed by atoms with Gasteiger partial charge in [0.25, 0.3) is 5.91 Å². The van der Waals surface area contributed by atoms with Gasteiger partial charge in [-0.05, 0) is 64.3 Å². The number of carbonyl (C=O) groups is 2. The lowest BCUT2D eigenvalue weighted by Crippen LogP contribution is -2.43. The average Bonchev–Trinajstić information content (AvgIpc) is 2.83. The molecule has 1 saturated heterocycles. The van der Waals surface area contributed by atoms with Crippen LogP contribution in [0.5, 0.6) is 5.88 Å². The molecule has 36 heavy (non-hydrogen) atoms. The number of amides is 2. The van der Waals surface area contributed by atoms with Crippen molar-refractivity contribution in [3.63, 3.8) is 0 Å². The third-order valence-corrected chi connectivity index (χ3v) is 5.95. The van der Waals surface area contributed by atoms with Gasteiger partial charge in [-0.3, -0.25) is 14.6 Å². The second-order valence-electron chi connectivity index (χ2n) is 10.3. The van der Waals surface area contributed by atoms with E-state index in [2.05, 4.69) is 30.5 Å². The number of nitrogens with zero attached hydrogens (tertiary/aromatic N) is 4. The number of carbonyl (C=O) groups excluding carboxylic acids is 2. The van der Waals surface area contributed by atoms with Crippen LogP contribution in [0.25, 0.3) is 10.9 Å². The van der Waals surface area contributed by atoms with Crippen molar-refractivity contribution in [2.45, 2.75) is 58.6 Å². The first-order valence-corrected chi connectivity index (χ1v) is 12.3. The van der Waals surface area contributed by atoms with Gasteiger partial charge in [0.1, 0.15) is 11.8 Å². The minimum atomic E-state index is -0.351. The molecule has 1 aliphatic heterocycles. The van der Waals surface area contributed by atoms with E-state index in [1.54, 1.807) is 6.20 Å². The van der Waals surface area contributed by atoms with Crippen molar-refractivity contribution >= 4 is 28.4 Å². The van der Waals surface area contributed by atoms with Crippen LogP contribution in [0.3, 0.4) is 0 Å². The number of piperidine rings is 1. The van der Waals surface area contributed by atoms with Gasteiger partial charge < -0.3 is 20.3 Å². The molecule has 4 rings (SSSR count). The highest BCUT2D eigenvalue weighted by atomic mass is 16.5. The van der Waals surface area contributed by atoms with E-state index in [9.17, 15) is 9.59 Å². The number of ether oxygens (including phenoxy) is 1. The van der Waals surface area contributed by atoms with Crippen LogP contribution in [0.2, 0.25) is 0 Å². The van der Waals surface area contributed by atoms with E-state index in [4.69, 9.17) is 4.74 Å². The van der Waals surface area contributed by atoms with E-state index in [-0.39, 0.29) is 29.2 Å². The molecule has 2 aromatic heterocycles. The number of benzene rings is 1. The topological polar surface area (TPSA) is 109 Å². The maximum Gasteiger partial charge on any atom is 0.275 e. The summed E-state index contributed by atoms with van der Waals surface area (Å²) in [7, 11) is 0. The lowest BCUT2D eigenvalue weighted by Gasteiger charge is -2.32. The van der Waals surface area contributed by atoms with Crippen molar-refractivity contribution in [1.82, 2.24) is 25.2 Å². The van der Waals surface area contributed by atoms with Gasteiger partial charge in [0, 0.05) is 43.2 Å². The summed E-state index contributed by atoms with van der Waals surface area (Å²) in [6.07, 6.45) is 6.84. The van der Waals surface area contributed by atoms with Crippen LogP contribution in [-0.4, -0.2) is 62.9 Å². The summed E-state index contributed by atoms with van der Waals surface area (Å²) in [4.78, 5) is 40.1. The van der Waals surface area contributed by atoms with Gasteiger partial charge >= 0.3 is 0 Å². The zero-order valence-electron chi connectivity index (χ0n) is 21.4. The van der Waals surface area contributed by atoms with Gasteiger partial charge in [0.05, 0.1) is 23.6 Å². The SMILES string of the molecule is Cc1cc(NC(=O)c2cnc(OC3CCN(CCC(=O)NC(C)(C)C)CC3)cn2)c2ncccc2c1. The van der Waals surface area contributed by atoms with Crippen LogP contribution < -0.4 is 15.4 Å². The Morgan fingerprint density at radius 1 is 1.11 bits per heavy atom. The quantitative estimate of drug-likeness (QED) is 0.519. The van der Waals surface area contributed by atoms with Crippen molar-refractivity contribution in [2.75, 3.05) is 25.0 Å². The summed E-state index contributed by atoms with van der Waals surface area (Å²) < 4.78 is 6.00. The molecule has 1 aliphatic rings. The number of hydrogen-bond donors (Lipinski definition) is 2. The molecule has 0 atom stereocenters. The number of rotatable bonds is 7. The monoisotopic (exact) mass is 490 g/mol. The number of hydrogen-bond acceptors (Lipinski definition) is 7. The molecule has 0 radical (unpaired) electrons. The number of fused-ring (bicyclic) bond motifs is 1. The van der Waals surface area contributed by atoms with E-state index >= 15 is 0 Å². The Morgan fingerprint density at radius 3 is 2.58 bits per heavy atom. The van der Waals surface area contributed by atoms with Crippen molar-refractivity contribution in [2.24, 2.45) is 0 Å². The van der Waals surface area contributed by atoms with Crippen LogP contribution in [-0.2, 0) is 4.79 Å². The van der Waals surface area contributed by atoms with E-state index in [1.807, 2.05) is 52.0 Å². The molecular weight excluding hydrogens is 456 g/mol. The minimum Gasteiger partial charge on any atom is -0.473 e. The number of pyridine rings is 1. The zero-order valence-corrected chi connectivity index (χ0v) is 21.4. The van der Waals surface area contributed by atoms with Crippen molar-refractivity contribution in [1.29, 1.82) is 0 Å². The molecule has 3 aromatic rings. The fraction of sp³-hybridized carbons (Fsp3) is 0.444. The second-order valence-corrected chi connectivity index (χ2v) is 10.3. The standard InChI is InChI=1S/C27H34N6O3/c1-18-14-19-6-5-10-28-25(19)21(15-18)31-26(35)22-16-30-24(17-29-22)36-20-7-11-33(12-8-20)13-9-23(34)32-27(2,3)4/h5-6,10,14-17,20H,7-9,11-13H2,1-4H3,(H,31,35)(H,32,34). The summed E-state index contributed by atoms with van der Waals surface area (Å²) >= 11 is 0. The van der Waals surface area contributed by atoms with Gasteiger partial charge in [-0.1, -0.05) is 6.07 Å². The first-order valence-electron chi connectivity index (χ1n) is 12.3. The highest BCUT2D eigenvalue weighted by Crippen LogP contribution is 2.24. The fourth-order valence-corrected chi connectivity index (χ4v) is 4.28. The van der Waals surface area contributed by atoms with E-state index in [0.29, 0.717) is 18.0 Å². The molecular formula is C27H34N6O3. The van der Waals surface area contributed by atoms with Crippen LogP contribution in [0.15, 0.2) is 42.9 Å². The number of aromatic nitrogens is 3. The molecule has 1 fully saturated rings. The van der Waals surface area contributed by atoms with Crippen LogP contribution in [0.4, 0.5) is 5.69 Å². The minimum absolute atomic E-state index is 0.0309. The maximum absolute atomic E-state index is 12.8. The van der Waals surface area contributed by atoms with E-state index in [1.165, 1.54) is 12.4 Å². The number of anilines is 1. The smallest absolute Gasteiger partial charge is 0.275 e. The van der Waals surface area contributed by atoms with Crippen LogP contribution in [0, 0.1) is 6.92 Å². The molecule has 1 aromatic carbocycles. The first-order chi connectivity index (χ1) is 17.2. The van der Waals surface area contributed by atoms with E-state index < -0.39 is 0 Å². The largest absolute Gasteiger partial charge is 0.473 e. The molecule has 0 bridgehead atoms. The summed E-state index contributed by atoms with van der Waals surface area (Å²) in [5.41, 5.74) is 2.39. The maximum atomic E-state index is 12.8. The van der Waals surface area contributed by atoms with Crippen molar-refractivity contribution in [3.8, 4) is 5.88 Å². The summed E-state index contributed by atoms with van der Waals surface area (Å²) in [6, 6.07) is 7.75. The Morgan fingerprint density at radius 2 is 1.89 bits per heavy atom. The summed E-state index contributed by atoms with van der Waals surface area (Å²) in [6.45, 7) is 10.4. The molecule has 9 nitrogen and oxygen atoms in total. The van der Waals surface area contributed by atoms with Gasteiger partial charge in [-0.15, -0.1) is 0 Å². The predicted molar refractivity (Wildman–Crippen MR) is 139 cm³/mol. The summed E-state index contributed by atoms with van der Waals surface area (Å²) in [5.74, 6) is 0.125. The third kappa shape index (κ3) is 6.97. The van der Waals surface area contributed by atoms with Crippen LogP contribution in [0.1, 0.15) is 56.1 Å². The zero-order chi connectivity index (χ0) is 25.7. The molecule has 2 amide bonds. The van der Waals surface area contributed by atoms with Gasteiger partial charge in [-0.25, -0.2) is 9.97 Å². The fourth-order valence-electron chi connectivity index (χ4n) is 4.28. The third-order valence-electron chi connectivity index (χ3n) is 5.95. The lowest BCUT2D eigenvalue weighted by atomic mass is 10.1. The van der Waals surface area contributed by atoms with Crippen LogP contribution >= 0.6 is 0 Å². The Bertz CT molecular complexity index is 1210. The van der Waals surface area contributed by atoms with Gasteiger partial charge in [0.2, 0.25) is 11.8 Å². The molecule has 0 spiro atoms. The Kier molecular flexibility index (Phi) is 7.79. The van der Waals surface area contributed by atoms with E-state index in [0.717, 1.165) is 48.9 Å². The number of likely N-dealkylation sites (tertiary alicyclic amines) is 1. The van der Waals surface area contributed by atoms with Gasteiger partial charge in [0.15, 0.2) is 0 Å². The van der Waals surface area contributed by atoms with Crippen molar-refractivity contribution < 1.29 is 14.3 Å². The highest BCUT2D eigenvalue weighted by Gasteiger charge is 2.22. The first kappa shape index (κ1) is 25.5.